The SMILES string of the molecule is CCOC(=O)NN(C(=O)OCC)[C@@H]1C=C[C@H]2Oc3ccc(CO)cc3[C@@H]12. The maximum absolute atomic E-state index is 12.4. The van der Waals surface area contributed by atoms with Gasteiger partial charge in [-0.25, -0.2) is 20.0 Å². The minimum atomic E-state index is -0.736. The summed E-state index contributed by atoms with van der Waals surface area (Å²) in [7, 11) is 0. The van der Waals surface area contributed by atoms with Crippen molar-refractivity contribution in [3.05, 3.63) is 41.5 Å². The van der Waals surface area contributed by atoms with E-state index in [1.165, 1.54) is 0 Å². The van der Waals surface area contributed by atoms with E-state index in [0.717, 1.165) is 16.1 Å². The zero-order valence-corrected chi connectivity index (χ0v) is 14.7. The summed E-state index contributed by atoms with van der Waals surface area (Å²) >= 11 is 0. The molecular formula is C18H22N2O6. The average molecular weight is 362 g/mol. The van der Waals surface area contributed by atoms with Crippen molar-refractivity contribution >= 4 is 12.2 Å². The van der Waals surface area contributed by atoms with Crippen molar-refractivity contribution in [1.29, 1.82) is 0 Å². The zero-order chi connectivity index (χ0) is 18.7. The maximum atomic E-state index is 12.4. The molecule has 1 aromatic carbocycles. The molecule has 0 spiro atoms. The third-order valence-electron chi connectivity index (χ3n) is 4.35. The predicted octanol–water partition coefficient (Wildman–Crippen LogP) is 2.08. The van der Waals surface area contributed by atoms with Crippen LogP contribution in [0.3, 0.4) is 0 Å². The second-order valence-corrected chi connectivity index (χ2v) is 5.92. The van der Waals surface area contributed by atoms with E-state index in [4.69, 9.17) is 14.2 Å². The molecule has 2 amide bonds. The molecule has 0 radical (unpaired) electrons. The quantitative estimate of drug-likeness (QED) is 0.629. The largest absolute Gasteiger partial charge is 0.485 e. The first kappa shape index (κ1) is 18.1. The average Bonchev–Trinajstić information content (AvgIpc) is 3.18. The highest BCUT2D eigenvalue weighted by Gasteiger charge is 2.46. The number of aliphatic hydroxyl groups is 1. The second kappa shape index (κ2) is 7.65. The normalized spacial score (nSPS) is 22.2. The Morgan fingerprint density at radius 1 is 1.23 bits per heavy atom. The molecule has 0 unspecified atom stereocenters. The molecule has 1 aromatic rings. The number of hydrogen-bond acceptors (Lipinski definition) is 6. The van der Waals surface area contributed by atoms with Gasteiger partial charge in [-0.2, -0.15) is 0 Å². The Labute approximate surface area is 151 Å². The monoisotopic (exact) mass is 362 g/mol. The van der Waals surface area contributed by atoms with Crippen LogP contribution < -0.4 is 10.2 Å². The molecule has 3 atom stereocenters. The molecule has 2 aliphatic rings. The Hall–Kier alpha value is -2.74. The molecule has 140 valence electrons. The first-order valence-corrected chi connectivity index (χ1v) is 8.57. The van der Waals surface area contributed by atoms with E-state index < -0.39 is 18.2 Å². The fraction of sp³-hybridized carbons (Fsp3) is 0.444. The topological polar surface area (TPSA) is 97.3 Å². The first-order chi connectivity index (χ1) is 12.6. The van der Waals surface area contributed by atoms with E-state index in [1.54, 1.807) is 32.1 Å². The molecule has 2 N–H and O–H groups in total. The first-order valence-electron chi connectivity index (χ1n) is 8.57. The smallest absolute Gasteiger partial charge is 0.429 e. The van der Waals surface area contributed by atoms with Gasteiger partial charge < -0.3 is 19.3 Å². The molecule has 8 heteroatoms. The van der Waals surface area contributed by atoms with Crippen LogP contribution in [0.5, 0.6) is 5.75 Å². The van der Waals surface area contributed by atoms with Crippen molar-refractivity contribution in [2.75, 3.05) is 13.2 Å². The molecule has 0 aromatic heterocycles. The fourth-order valence-electron chi connectivity index (χ4n) is 3.28. The van der Waals surface area contributed by atoms with Gasteiger partial charge in [0.2, 0.25) is 0 Å². The predicted molar refractivity (Wildman–Crippen MR) is 91.5 cm³/mol. The Kier molecular flexibility index (Phi) is 5.32. The van der Waals surface area contributed by atoms with Crippen molar-refractivity contribution in [1.82, 2.24) is 10.4 Å². The number of amides is 2. The summed E-state index contributed by atoms with van der Waals surface area (Å²) in [6.07, 6.45) is 1.98. The lowest BCUT2D eigenvalue weighted by atomic mass is 9.91. The summed E-state index contributed by atoms with van der Waals surface area (Å²) in [5, 5.41) is 10.5. The summed E-state index contributed by atoms with van der Waals surface area (Å²) in [5.41, 5.74) is 4.08. The van der Waals surface area contributed by atoms with Gasteiger partial charge in [-0.15, -0.1) is 0 Å². The van der Waals surface area contributed by atoms with Gasteiger partial charge in [-0.05, 0) is 37.6 Å². The molecule has 26 heavy (non-hydrogen) atoms. The third-order valence-corrected chi connectivity index (χ3v) is 4.35. The number of hydrazine groups is 1. The van der Waals surface area contributed by atoms with E-state index in [-0.39, 0.29) is 31.8 Å². The number of ether oxygens (including phenoxy) is 3. The standard InChI is InChI=1S/C18H22N2O6/c1-3-24-17(22)19-20(18(23)25-4-2)13-6-8-15-16(13)12-9-11(10-21)5-7-14(12)26-15/h5-9,13,15-16,21H,3-4,10H2,1-2H3,(H,19,22)/t13-,15-,16+/m1/s1. The number of nitrogens with zero attached hydrogens (tertiary/aromatic N) is 1. The number of benzene rings is 1. The number of nitrogens with one attached hydrogen (secondary N) is 1. The summed E-state index contributed by atoms with van der Waals surface area (Å²) in [6, 6.07) is 4.95. The zero-order valence-electron chi connectivity index (χ0n) is 14.7. The van der Waals surface area contributed by atoms with Crippen LogP contribution in [-0.4, -0.2) is 47.7 Å². The van der Waals surface area contributed by atoms with E-state index in [9.17, 15) is 14.7 Å². The second-order valence-electron chi connectivity index (χ2n) is 5.92. The minimum Gasteiger partial charge on any atom is -0.485 e. The van der Waals surface area contributed by atoms with Crippen molar-refractivity contribution in [2.24, 2.45) is 0 Å². The number of rotatable bonds is 4. The van der Waals surface area contributed by atoms with Crippen LogP contribution in [0, 0.1) is 0 Å². The molecular weight excluding hydrogens is 340 g/mol. The van der Waals surface area contributed by atoms with E-state index in [2.05, 4.69) is 5.43 Å². The number of aliphatic hydroxyl groups excluding tert-OH is 1. The van der Waals surface area contributed by atoms with Crippen LogP contribution in [0.1, 0.15) is 30.9 Å². The lowest BCUT2D eigenvalue weighted by molar-refractivity contribution is 0.0568. The maximum Gasteiger partial charge on any atom is 0.429 e. The molecule has 1 aliphatic heterocycles. The number of carbonyl (C=O) groups is 2. The molecule has 0 saturated carbocycles. The molecule has 0 fully saturated rings. The van der Waals surface area contributed by atoms with Gasteiger partial charge in [0.05, 0.1) is 31.8 Å². The van der Waals surface area contributed by atoms with Crippen LogP contribution in [-0.2, 0) is 16.1 Å². The van der Waals surface area contributed by atoms with Crippen LogP contribution in [0.15, 0.2) is 30.4 Å². The molecule has 1 aliphatic carbocycles. The van der Waals surface area contributed by atoms with Crippen molar-refractivity contribution in [3.63, 3.8) is 0 Å². The van der Waals surface area contributed by atoms with Gasteiger partial charge in [0.25, 0.3) is 0 Å². The van der Waals surface area contributed by atoms with Gasteiger partial charge in [0, 0.05) is 5.56 Å². The molecule has 3 rings (SSSR count). The molecule has 1 heterocycles. The lowest BCUT2D eigenvalue weighted by Gasteiger charge is -2.30. The summed E-state index contributed by atoms with van der Waals surface area (Å²) in [5.74, 6) is 0.481. The Morgan fingerprint density at radius 3 is 2.69 bits per heavy atom. The van der Waals surface area contributed by atoms with Crippen molar-refractivity contribution in [3.8, 4) is 5.75 Å². The van der Waals surface area contributed by atoms with E-state index >= 15 is 0 Å². The minimum absolute atomic E-state index is 0.0918. The Morgan fingerprint density at radius 2 is 2.00 bits per heavy atom. The molecule has 8 nitrogen and oxygen atoms in total. The summed E-state index contributed by atoms with van der Waals surface area (Å²) < 4.78 is 15.9. The Balaban J connectivity index is 1.89. The highest BCUT2D eigenvalue weighted by molar-refractivity contribution is 5.75. The molecule has 0 bridgehead atoms. The van der Waals surface area contributed by atoms with Gasteiger partial charge >= 0.3 is 12.2 Å². The third kappa shape index (κ3) is 3.32. The van der Waals surface area contributed by atoms with Gasteiger partial charge in [-0.3, -0.25) is 0 Å². The molecule has 0 saturated heterocycles. The lowest BCUT2D eigenvalue weighted by Crippen LogP contribution is -2.53. The van der Waals surface area contributed by atoms with Crippen LogP contribution in [0.4, 0.5) is 9.59 Å². The summed E-state index contributed by atoms with van der Waals surface area (Å²) in [4.78, 5) is 24.3. The van der Waals surface area contributed by atoms with Crippen molar-refractivity contribution in [2.45, 2.75) is 38.5 Å². The van der Waals surface area contributed by atoms with Gasteiger partial charge in [0.15, 0.2) is 0 Å². The highest BCUT2D eigenvalue weighted by Crippen LogP contribution is 2.45. The Bertz CT molecular complexity index is 720. The van der Waals surface area contributed by atoms with Crippen LogP contribution in [0.2, 0.25) is 0 Å². The van der Waals surface area contributed by atoms with E-state index in [1.807, 2.05) is 12.1 Å². The summed E-state index contributed by atoms with van der Waals surface area (Å²) in [6.45, 7) is 3.63. The number of carbonyl (C=O) groups excluding carboxylic acids is 2. The van der Waals surface area contributed by atoms with Crippen LogP contribution in [0.25, 0.3) is 0 Å². The van der Waals surface area contributed by atoms with Crippen molar-refractivity contribution < 1.29 is 28.9 Å². The highest BCUT2D eigenvalue weighted by atomic mass is 16.6. The van der Waals surface area contributed by atoms with Gasteiger partial charge in [-0.1, -0.05) is 12.1 Å². The van der Waals surface area contributed by atoms with Gasteiger partial charge in [0.1, 0.15) is 11.9 Å². The number of fused-ring (bicyclic) bond motifs is 3. The van der Waals surface area contributed by atoms with E-state index in [0.29, 0.717) is 5.75 Å². The fourth-order valence-corrected chi connectivity index (χ4v) is 3.28. The van der Waals surface area contributed by atoms with Crippen LogP contribution >= 0.6 is 0 Å². The number of hydrogen-bond donors (Lipinski definition) is 2.